The van der Waals surface area contributed by atoms with Crippen LogP contribution in [-0.4, -0.2) is 10.5 Å². The Labute approximate surface area is 118 Å². The number of rotatable bonds is 2. The number of pyridine rings is 1. The van der Waals surface area contributed by atoms with Crippen LogP contribution in [0.25, 0.3) is 0 Å². The number of hydrogen-bond donors (Lipinski definition) is 2. The van der Waals surface area contributed by atoms with E-state index >= 15 is 0 Å². The molecule has 0 aromatic carbocycles. The van der Waals surface area contributed by atoms with E-state index < -0.39 is 0 Å². The summed E-state index contributed by atoms with van der Waals surface area (Å²) in [5, 5.41) is 12.8. The quantitative estimate of drug-likeness (QED) is 0.867. The number of aromatic nitrogens is 1. The van der Waals surface area contributed by atoms with Gasteiger partial charge in [0.2, 0.25) is 0 Å². The van der Waals surface area contributed by atoms with Crippen molar-refractivity contribution < 1.29 is 0 Å². The average molecular weight is 269 g/mol. The number of anilines is 1. The Hall–Kier alpha value is -1.76. The lowest BCUT2D eigenvalue weighted by molar-refractivity contribution is 0.0107. The van der Waals surface area contributed by atoms with Crippen molar-refractivity contribution in [3.8, 4) is 6.07 Å². The summed E-state index contributed by atoms with van der Waals surface area (Å²) in [5.74, 6) is 2.55. The second-order valence-electron chi connectivity index (χ2n) is 7.03. The summed E-state index contributed by atoms with van der Waals surface area (Å²) >= 11 is 0. The maximum atomic E-state index is 11.7. The van der Waals surface area contributed by atoms with Crippen molar-refractivity contribution in [2.75, 3.05) is 5.32 Å². The molecule has 5 rings (SSSR count). The zero-order valence-electron chi connectivity index (χ0n) is 11.5. The number of hydrogen-bond acceptors (Lipinski definition) is 3. The van der Waals surface area contributed by atoms with E-state index in [0.29, 0.717) is 0 Å². The Morgan fingerprint density at radius 3 is 2.35 bits per heavy atom. The molecule has 0 saturated heterocycles. The molecule has 4 heteroatoms. The fraction of sp³-hybridized carbons (Fsp3) is 0.625. The summed E-state index contributed by atoms with van der Waals surface area (Å²) in [4.78, 5) is 14.3. The molecular weight excluding hydrogens is 250 g/mol. The van der Waals surface area contributed by atoms with Gasteiger partial charge in [-0.1, -0.05) is 0 Å². The maximum Gasteiger partial charge on any atom is 0.267 e. The first-order valence-corrected chi connectivity index (χ1v) is 7.57. The Balaban J connectivity index is 1.68. The van der Waals surface area contributed by atoms with E-state index in [-0.39, 0.29) is 16.7 Å². The summed E-state index contributed by atoms with van der Waals surface area (Å²) < 4.78 is 0. The van der Waals surface area contributed by atoms with Crippen LogP contribution in [-0.2, 0) is 0 Å². The van der Waals surface area contributed by atoms with Crippen molar-refractivity contribution in [2.45, 2.75) is 44.1 Å². The smallest absolute Gasteiger partial charge is 0.267 e. The van der Waals surface area contributed by atoms with E-state index in [1.54, 1.807) is 6.20 Å². The number of aromatic amines is 1. The lowest BCUT2D eigenvalue weighted by atomic mass is 9.53. The highest BCUT2D eigenvalue weighted by Gasteiger charge is 2.51. The minimum atomic E-state index is -0.290. The van der Waals surface area contributed by atoms with Crippen molar-refractivity contribution in [3.05, 3.63) is 28.2 Å². The average Bonchev–Trinajstić information content (AvgIpc) is 2.36. The Kier molecular flexibility index (Phi) is 2.47. The normalized spacial score (nSPS) is 37.6. The first-order valence-electron chi connectivity index (χ1n) is 7.57. The molecular formula is C16H19N3O. The molecule has 20 heavy (non-hydrogen) atoms. The first-order chi connectivity index (χ1) is 9.67. The van der Waals surface area contributed by atoms with Gasteiger partial charge in [0.1, 0.15) is 11.6 Å². The van der Waals surface area contributed by atoms with Crippen LogP contribution >= 0.6 is 0 Å². The predicted molar refractivity (Wildman–Crippen MR) is 76.3 cm³/mol. The van der Waals surface area contributed by atoms with Crippen LogP contribution in [0, 0.1) is 29.1 Å². The van der Waals surface area contributed by atoms with Crippen LogP contribution < -0.4 is 10.9 Å². The van der Waals surface area contributed by atoms with Gasteiger partial charge < -0.3 is 10.3 Å². The molecule has 2 N–H and O–H groups in total. The second kappa shape index (κ2) is 4.12. The van der Waals surface area contributed by atoms with Crippen molar-refractivity contribution in [2.24, 2.45) is 17.8 Å². The summed E-state index contributed by atoms with van der Waals surface area (Å²) in [7, 11) is 0. The standard InChI is InChI=1S/C16H19N3O/c17-9-13-14(1-2-18-15(13)20)19-16-6-10-3-11(7-16)5-12(4-10)8-16/h1-2,10-12H,3-8H2,(H2,18,19,20). The van der Waals surface area contributed by atoms with Crippen LogP contribution in [0.15, 0.2) is 17.1 Å². The fourth-order valence-corrected chi connectivity index (χ4v) is 5.24. The lowest BCUT2D eigenvalue weighted by Crippen LogP contribution is -2.55. The molecule has 4 aliphatic carbocycles. The van der Waals surface area contributed by atoms with Gasteiger partial charge in [0.15, 0.2) is 0 Å². The van der Waals surface area contributed by atoms with Gasteiger partial charge >= 0.3 is 0 Å². The molecule has 1 heterocycles. The SMILES string of the molecule is N#Cc1c(NC23CC4CC(CC(C4)C2)C3)cc[nH]c1=O. The number of nitrogens with zero attached hydrogens (tertiary/aromatic N) is 1. The molecule has 0 unspecified atom stereocenters. The molecule has 0 atom stereocenters. The third kappa shape index (κ3) is 1.76. The molecule has 4 nitrogen and oxygen atoms in total. The molecule has 4 fully saturated rings. The van der Waals surface area contributed by atoms with Gasteiger partial charge in [0, 0.05) is 11.7 Å². The minimum Gasteiger partial charge on any atom is -0.378 e. The summed E-state index contributed by atoms with van der Waals surface area (Å²) in [5.41, 5.74) is 0.789. The van der Waals surface area contributed by atoms with Gasteiger partial charge in [-0.3, -0.25) is 4.79 Å². The van der Waals surface area contributed by atoms with E-state index in [9.17, 15) is 10.1 Å². The van der Waals surface area contributed by atoms with Crippen molar-refractivity contribution in [1.29, 1.82) is 5.26 Å². The van der Waals surface area contributed by atoms with Crippen LogP contribution in [0.5, 0.6) is 0 Å². The number of nitrogens with one attached hydrogen (secondary N) is 2. The molecule has 0 spiro atoms. The maximum absolute atomic E-state index is 11.7. The molecule has 4 bridgehead atoms. The highest BCUT2D eigenvalue weighted by Crippen LogP contribution is 2.56. The van der Waals surface area contributed by atoms with Crippen LogP contribution in [0.2, 0.25) is 0 Å². The van der Waals surface area contributed by atoms with Crippen LogP contribution in [0.3, 0.4) is 0 Å². The lowest BCUT2D eigenvalue weighted by Gasteiger charge is -2.57. The van der Waals surface area contributed by atoms with E-state index in [4.69, 9.17) is 0 Å². The van der Waals surface area contributed by atoms with E-state index in [1.807, 2.05) is 12.1 Å². The molecule has 0 amide bonds. The molecule has 104 valence electrons. The van der Waals surface area contributed by atoms with E-state index in [1.165, 1.54) is 38.5 Å². The van der Waals surface area contributed by atoms with Gasteiger partial charge in [0.25, 0.3) is 5.56 Å². The Morgan fingerprint density at radius 1 is 1.20 bits per heavy atom. The zero-order valence-corrected chi connectivity index (χ0v) is 11.5. The van der Waals surface area contributed by atoms with E-state index in [2.05, 4.69) is 10.3 Å². The van der Waals surface area contributed by atoms with Crippen molar-refractivity contribution >= 4 is 5.69 Å². The summed E-state index contributed by atoms with van der Waals surface area (Å²) in [6.45, 7) is 0. The molecule has 1 aromatic heterocycles. The van der Waals surface area contributed by atoms with Gasteiger partial charge in [-0.25, -0.2) is 0 Å². The second-order valence-corrected chi connectivity index (χ2v) is 7.03. The fourth-order valence-electron chi connectivity index (χ4n) is 5.24. The van der Waals surface area contributed by atoms with Crippen LogP contribution in [0.4, 0.5) is 5.69 Å². The first kappa shape index (κ1) is 12.0. The third-order valence-corrected chi connectivity index (χ3v) is 5.51. The van der Waals surface area contributed by atoms with Crippen molar-refractivity contribution in [1.82, 2.24) is 4.98 Å². The van der Waals surface area contributed by atoms with Gasteiger partial charge in [-0.15, -0.1) is 0 Å². The van der Waals surface area contributed by atoms with Crippen LogP contribution in [0.1, 0.15) is 44.1 Å². The zero-order chi connectivity index (χ0) is 13.7. The topological polar surface area (TPSA) is 68.7 Å². The highest BCUT2D eigenvalue weighted by atomic mass is 16.1. The van der Waals surface area contributed by atoms with Gasteiger partial charge in [-0.05, 0) is 62.3 Å². The molecule has 0 radical (unpaired) electrons. The predicted octanol–water partition coefficient (Wildman–Crippen LogP) is 2.63. The molecule has 0 aliphatic heterocycles. The Morgan fingerprint density at radius 2 is 1.80 bits per heavy atom. The molecule has 4 saturated carbocycles. The highest BCUT2D eigenvalue weighted by molar-refractivity contribution is 5.57. The molecule has 1 aromatic rings. The largest absolute Gasteiger partial charge is 0.378 e. The number of H-pyrrole nitrogens is 1. The minimum absolute atomic E-state index is 0.133. The Bertz CT molecular complexity index is 605. The molecule has 4 aliphatic rings. The monoisotopic (exact) mass is 269 g/mol. The summed E-state index contributed by atoms with van der Waals surface area (Å²) in [6, 6.07) is 3.87. The van der Waals surface area contributed by atoms with Crippen molar-refractivity contribution in [3.63, 3.8) is 0 Å². The third-order valence-electron chi connectivity index (χ3n) is 5.51. The summed E-state index contributed by atoms with van der Waals surface area (Å²) in [6.07, 6.45) is 9.42. The van der Waals surface area contributed by atoms with Gasteiger partial charge in [-0.2, -0.15) is 5.26 Å². The van der Waals surface area contributed by atoms with Gasteiger partial charge in [0.05, 0.1) is 5.69 Å². The van der Waals surface area contributed by atoms with E-state index in [0.717, 1.165) is 23.4 Å². The number of nitriles is 1.